The molecule has 0 bridgehead atoms. The molecule has 1 heterocycles. The van der Waals surface area contributed by atoms with Crippen LogP contribution in [0.3, 0.4) is 0 Å². The number of hydrogen-bond donors (Lipinski definition) is 6. The molecule has 1 aliphatic heterocycles. The van der Waals surface area contributed by atoms with Gasteiger partial charge in [-0.3, -0.25) is 14.2 Å². The average molecular weight is 495 g/mol. The Morgan fingerprint density at radius 2 is 1.67 bits per heavy atom. The molecular formula is C21H24ClN4O6P. The van der Waals surface area contributed by atoms with E-state index >= 15 is 0 Å². The first-order valence-electron chi connectivity index (χ1n) is 10.1. The van der Waals surface area contributed by atoms with Crippen molar-refractivity contribution in [1.82, 2.24) is 10.6 Å². The summed E-state index contributed by atoms with van der Waals surface area (Å²) in [4.78, 5) is 55.7. The molecule has 33 heavy (non-hydrogen) atoms. The third-order valence-electron chi connectivity index (χ3n) is 5.02. The van der Waals surface area contributed by atoms with E-state index in [-0.39, 0.29) is 11.7 Å². The largest absolute Gasteiger partial charge is 0.328 e. The Labute approximate surface area is 195 Å². The van der Waals surface area contributed by atoms with E-state index in [1.807, 2.05) is 0 Å². The number of benzene rings is 2. The number of carbonyl (C=O) groups is 3. The van der Waals surface area contributed by atoms with Gasteiger partial charge < -0.3 is 31.1 Å². The van der Waals surface area contributed by atoms with Crippen molar-refractivity contribution in [2.45, 2.75) is 18.4 Å². The van der Waals surface area contributed by atoms with Crippen LogP contribution in [0.4, 0.5) is 16.2 Å². The molecule has 0 radical (unpaired) electrons. The third-order valence-corrected chi connectivity index (χ3v) is 6.12. The Morgan fingerprint density at radius 1 is 1.06 bits per heavy atom. The molecule has 3 rings (SSSR count). The highest BCUT2D eigenvalue weighted by molar-refractivity contribution is 7.51. The first-order valence-corrected chi connectivity index (χ1v) is 12.3. The first kappa shape index (κ1) is 24.9. The molecule has 0 spiro atoms. The van der Waals surface area contributed by atoms with Gasteiger partial charge in [0.2, 0.25) is 5.91 Å². The van der Waals surface area contributed by atoms with Gasteiger partial charge in [0.1, 0.15) is 6.04 Å². The number of ketones is 1. The summed E-state index contributed by atoms with van der Waals surface area (Å²) in [5.74, 6) is -0.914. The number of Topliss-reactive ketones (excluding diaryl/α,β-unsaturated/α-hetero) is 1. The average Bonchev–Trinajstić information content (AvgIpc) is 2.75. The van der Waals surface area contributed by atoms with Crippen LogP contribution in [0.2, 0.25) is 5.02 Å². The van der Waals surface area contributed by atoms with Gasteiger partial charge in [-0.25, -0.2) is 4.79 Å². The van der Waals surface area contributed by atoms with E-state index in [4.69, 9.17) is 11.6 Å². The highest BCUT2D eigenvalue weighted by Gasteiger charge is 2.29. The molecule has 2 atom stereocenters. The van der Waals surface area contributed by atoms with Crippen molar-refractivity contribution >= 4 is 48.3 Å². The number of urea groups is 1. The van der Waals surface area contributed by atoms with Gasteiger partial charge in [0, 0.05) is 22.3 Å². The van der Waals surface area contributed by atoms with Gasteiger partial charge in [-0.15, -0.1) is 0 Å². The Hall–Kier alpha value is -2.75. The van der Waals surface area contributed by atoms with E-state index < -0.39 is 31.7 Å². The fourth-order valence-corrected chi connectivity index (χ4v) is 4.27. The Balaban J connectivity index is 1.65. The number of rotatable bonds is 7. The monoisotopic (exact) mass is 494 g/mol. The van der Waals surface area contributed by atoms with Crippen LogP contribution in [0, 0.1) is 0 Å². The van der Waals surface area contributed by atoms with E-state index in [0.717, 1.165) is 12.1 Å². The van der Waals surface area contributed by atoms with Gasteiger partial charge in [-0.2, -0.15) is 0 Å². The van der Waals surface area contributed by atoms with Gasteiger partial charge in [0.25, 0.3) is 0 Å². The van der Waals surface area contributed by atoms with Gasteiger partial charge in [0.15, 0.2) is 5.78 Å². The maximum Gasteiger partial charge on any atom is 0.328 e. The van der Waals surface area contributed by atoms with Crippen molar-refractivity contribution in [3.05, 3.63) is 59.1 Å². The van der Waals surface area contributed by atoms with E-state index in [2.05, 4.69) is 21.3 Å². The van der Waals surface area contributed by atoms with Gasteiger partial charge >= 0.3 is 13.6 Å². The highest BCUT2D eigenvalue weighted by Crippen LogP contribution is 2.35. The SMILES string of the molecule is O=C(Nc1ccc(Cl)cc1)NC(CP(=O)(O)O)C(=O)Nc1ccc(C2CCNCC2=O)cc1. The van der Waals surface area contributed by atoms with Gasteiger partial charge in [-0.1, -0.05) is 23.7 Å². The minimum absolute atomic E-state index is 0.0932. The zero-order chi connectivity index (χ0) is 24.0. The predicted octanol–water partition coefficient (Wildman–Crippen LogP) is 2.29. The molecule has 0 aromatic heterocycles. The standard InChI is InChI=1S/C21H24ClN4O6P/c22-14-3-7-16(8-4-14)25-21(29)26-18(12-33(30,31)32)20(28)24-15-5-1-13(2-6-15)17-9-10-23-11-19(17)27/h1-8,17-18,23H,9-12H2,(H,24,28)(H2,25,26,29)(H2,30,31,32). The number of anilines is 2. The lowest BCUT2D eigenvalue weighted by atomic mass is 9.89. The summed E-state index contributed by atoms with van der Waals surface area (Å²) in [5.41, 5.74) is 1.57. The van der Waals surface area contributed by atoms with Crippen molar-refractivity contribution < 1.29 is 28.7 Å². The Morgan fingerprint density at radius 3 is 2.27 bits per heavy atom. The molecule has 2 unspecified atom stereocenters. The van der Waals surface area contributed by atoms with Crippen LogP contribution < -0.4 is 21.3 Å². The summed E-state index contributed by atoms with van der Waals surface area (Å²) in [5, 5.41) is 10.8. The molecule has 176 valence electrons. The van der Waals surface area contributed by atoms with Crippen LogP contribution >= 0.6 is 19.2 Å². The number of piperidine rings is 1. The van der Waals surface area contributed by atoms with Gasteiger partial charge in [-0.05, 0) is 54.9 Å². The van der Waals surface area contributed by atoms with Crippen molar-refractivity contribution in [3.63, 3.8) is 0 Å². The van der Waals surface area contributed by atoms with Crippen LogP contribution in [0.1, 0.15) is 17.9 Å². The molecule has 3 amide bonds. The Kier molecular flexibility index (Phi) is 8.23. The summed E-state index contributed by atoms with van der Waals surface area (Å²) in [6.07, 6.45) is -0.198. The number of halogens is 1. The maximum absolute atomic E-state index is 12.7. The maximum atomic E-state index is 12.7. The lowest BCUT2D eigenvalue weighted by molar-refractivity contribution is -0.121. The van der Waals surface area contributed by atoms with E-state index in [1.165, 1.54) is 12.1 Å². The minimum atomic E-state index is -4.62. The smallest absolute Gasteiger partial charge is 0.325 e. The predicted molar refractivity (Wildman–Crippen MR) is 125 cm³/mol. The lowest BCUT2D eigenvalue weighted by Gasteiger charge is -2.22. The zero-order valence-corrected chi connectivity index (χ0v) is 19.1. The normalized spacial score (nSPS) is 17.2. The second-order valence-electron chi connectivity index (χ2n) is 7.60. The molecule has 12 heteroatoms. The summed E-state index contributed by atoms with van der Waals surface area (Å²) in [7, 11) is -4.62. The second-order valence-corrected chi connectivity index (χ2v) is 9.73. The molecule has 1 aliphatic rings. The summed E-state index contributed by atoms with van der Waals surface area (Å²) in [6, 6.07) is 10.5. The third kappa shape index (κ3) is 7.66. The highest BCUT2D eigenvalue weighted by atomic mass is 35.5. The fourth-order valence-electron chi connectivity index (χ4n) is 3.41. The van der Waals surface area contributed by atoms with Crippen LogP contribution in [0.15, 0.2) is 48.5 Å². The van der Waals surface area contributed by atoms with Crippen LogP contribution in [0.25, 0.3) is 0 Å². The number of hydrogen-bond acceptors (Lipinski definition) is 5. The molecule has 1 fully saturated rings. The minimum Gasteiger partial charge on any atom is -0.325 e. The number of carbonyl (C=O) groups excluding carboxylic acids is 3. The molecule has 2 aromatic carbocycles. The van der Waals surface area contributed by atoms with E-state index in [1.54, 1.807) is 36.4 Å². The number of amides is 3. The molecule has 10 nitrogen and oxygen atoms in total. The number of nitrogens with one attached hydrogen (secondary N) is 4. The molecule has 1 saturated heterocycles. The summed E-state index contributed by atoms with van der Waals surface area (Å²) in [6.45, 7) is 1.06. The quantitative estimate of drug-likeness (QED) is 0.322. The van der Waals surface area contributed by atoms with Gasteiger partial charge in [0.05, 0.1) is 12.7 Å². The van der Waals surface area contributed by atoms with E-state index in [0.29, 0.717) is 29.4 Å². The zero-order valence-electron chi connectivity index (χ0n) is 17.5. The molecular weight excluding hydrogens is 471 g/mol. The van der Waals surface area contributed by atoms with Crippen molar-refractivity contribution in [2.75, 3.05) is 29.9 Å². The first-order chi connectivity index (χ1) is 15.6. The molecule has 2 aromatic rings. The van der Waals surface area contributed by atoms with E-state index in [9.17, 15) is 28.7 Å². The molecule has 6 N–H and O–H groups in total. The van der Waals surface area contributed by atoms with Crippen molar-refractivity contribution in [1.29, 1.82) is 0 Å². The molecule has 0 saturated carbocycles. The van der Waals surface area contributed by atoms with Crippen LogP contribution in [0.5, 0.6) is 0 Å². The summed E-state index contributed by atoms with van der Waals surface area (Å²) >= 11 is 5.80. The second kappa shape index (κ2) is 10.9. The molecule has 0 aliphatic carbocycles. The van der Waals surface area contributed by atoms with Crippen LogP contribution in [-0.2, 0) is 14.2 Å². The Bertz CT molecular complexity index is 1060. The fraction of sp³-hybridized carbons (Fsp3) is 0.286. The topological polar surface area (TPSA) is 157 Å². The lowest BCUT2D eigenvalue weighted by Crippen LogP contribution is -2.47. The van der Waals surface area contributed by atoms with Crippen molar-refractivity contribution in [2.24, 2.45) is 0 Å². The summed E-state index contributed by atoms with van der Waals surface area (Å²) < 4.78 is 11.5. The van der Waals surface area contributed by atoms with Crippen LogP contribution in [-0.4, -0.2) is 52.8 Å². The van der Waals surface area contributed by atoms with Crippen molar-refractivity contribution in [3.8, 4) is 0 Å².